The van der Waals surface area contributed by atoms with Gasteiger partial charge < -0.3 is 14.8 Å². The Balaban J connectivity index is 1.97. The van der Waals surface area contributed by atoms with Crippen molar-refractivity contribution in [2.24, 2.45) is 5.41 Å². The lowest BCUT2D eigenvalue weighted by molar-refractivity contribution is 0.0916. The quantitative estimate of drug-likeness (QED) is 0.749. The van der Waals surface area contributed by atoms with Crippen LogP contribution in [0.3, 0.4) is 0 Å². The molecule has 1 N–H and O–H groups in total. The van der Waals surface area contributed by atoms with Crippen LogP contribution in [-0.2, 0) is 4.74 Å². The number of nitrogens with one attached hydrogen (secondary N) is 1. The number of para-hydroxylation sites is 1. The highest BCUT2D eigenvalue weighted by molar-refractivity contribution is 5.96. The van der Waals surface area contributed by atoms with E-state index in [4.69, 9.17) is 9.47 Å². The number of carbonyl (C=O) groups is 1. The molecule has 21 heavy (non-hydrogen) atoms. The minimum absolute atomic E-state index is 0.102. The van der Waals surface area contributed by atoms with E-state index in [9.17, 15) is 4.79 Å². The zero-order valence-corrected chi connectivity index (χ0v) is 12.8. The molecule has 114 valence electrons. The summed E-state index contributed by atoms with van der Waals surface area (Å²) < 4.78 is 10.8. The van der Waals surface area contributed by atoms with Crippen molar-refractivity contribution in [1.82, 2.24) is 5.32 Å². The van der Waals surface area contributed by atoms with Crippen LogP contribution in [0.25, 0.3) is 0 Å². The summed E-state index contributed by atoms with van der Waals surface area (Å²) in [7, 11) is 1.70. The maximum Gasteiger partial charge on any atom is 0.255 e. The lowest BCUT2D eigenvalue weighted by atomic mass is 10.1. The molecule has 1 saturated carbocycles. The molecule has 1 aromatic rings. The van der Waals surface area contributed by atoms with Gasteiger partial charge in [0.05, 0.1) is 12.2 Å². The van der Waals surface area contributed by atoms with Gasteiger partial charge in [-0.2, -0.15) is 0 Å². The summed E-state index contributed by atoms with van der Waals surface area (Å²) in [5.74, 6) is 0.490. The van der Waals surface area contributed by atoms with Crippen molar-refractivity contribution in [2.75, 3.05) is 26.9 Å². The highest BCUT2D eigenvalue weighted by atomic mass is 16.5. The summed E-state index contributed by atoms with van der Waals surface area (Å²) in [6.45, 7) is 7.45. The normalized spacial score (nSPS) is 15.3. The number of rotatable bonds is 8. The third kappa shape index (κ3) is 4.33. The third-order valence-corrected chi connectivity index (χ3v) is 3.64. The lowest BCUT2D eigenvalue weighted by Gasteiger charge is -2.16. The maximum absolute atomic E-state index is 12.3. The zero-order chi connectivity index (χ0) is 15.3. The molecule has 0 aromatic heterocycles. The number of hydrogen-bond donors (Lipinski definition) is 1. The minimum atomic E-state index is -0.102. The van der Waals surface area contributed by atoms with Gasteiger partial charge in [-0.05, 0) is 37.5 Å². The smallest absolute Gasteiger partial charge is 0.255 e. The number of methoxy groups -OCH3 is 1. The second kappa shape index (κ2) is 6.76. The van der Waals surface area contributed by atoms with Crippen molar-refractivity contribution in [3.05, 3.63) is 42.0 Å². The molecule has 0 radical (unpaired) electrons. The van der Waals surface area contributed by atoms with Gasteiger partial charge in [0.2, 0.25) is 0 Å². The molecule has 1 fully saturated rings. The third-order valence-electron chi connectivity index (χ3n) is 3.64. The summed E-state index contributed by atoms with van der Waals surface area (Å²) in [4.78, 5) is 12.3. The van der Waals surface area contributed by atoms with E-state index in [2.05, 4.69) is 11.9 Å². The number of hydrogen-bond acceptors (Lipinski definition) is 3. The predicted molar refractivity (Wildman–Crippen MR) is 82.6 cm³/mol. The van der Waals surface area contributed by atoms with Crippen LogP contribution in [0.4, 0.5) is 0 Å². The monoisotopic (exact) mass is 289 g/mol. The molecule has 0 spiro atoms. The molecule has 1 aliphatic carbocycles. The Morgan fingerprint density at radius 2 is 2.10 bits per heavy atom. The molecule has 1 aliphatic rings. The van der Waals surface area contributed by atoms with Crippen LogP contribution in [0.15, 0.2) is 36.4 Å². The van der Waals surface area contributed by atoms with Crippen molar-refractivity contribution in [3.8, 4) is 5.75 Å². The fourth-order valence-corrected chi connectivity index (χ4v) is 2.20. The Morgan fingerprint density at radius 3 is 2.71 bits per heavy atom. The van der Waals surface area contributed by atoms with Gasteiger partial charge in [-0.1, -0.05) is 18.7 Å². The number of carbonyl (C=O) groups excluding carboxylic acids is 1. The molecule has 0 aliphatic heterocycles. The van der Waals surface area contributed by atoms with Gasteiger partial charge in [0.15, 0.2) is 0 Å². The van der Waals surface area contributed by atoms with E-state index in [1.165, 1.54) is 0 Å². The van der Waals surface area contributed by atoms with Gasteiger partial charge in [0, 0.05) is 19.1 Å². The highest BCUT2D eigenvalue weighted by Gasteiger charge is 2.42. The average Bonchev–Trinajstić information content (AvgIpc) is 3.23. The lowest BCUT2D eigenvalue weighted by Crippen LogP contribution is -2.32. The second-order valence-corrected chi connectivity index (χ2v) is 5.86. The fraction of sp³-hybridized carbons (Fsp3) is 0.471. The molecule has 1 aromatic carbocycles. The van der Waals surface area contributed by atoms with Crippen molar-refractivity contribution in [3.63, 3.8) is 0 Å². The van der Waals surface area contributed by atoms with Crippen LogP contribution in [0.2, 0.25) is 0 Å². The van der Waals surface area contributed by atoms with Gasteiger partial charge in [-0.25, -0.2) is 0 Å². The molecule has 0 bridgehead atoms. The first-order valence-electron chi connectivity index (χ1n) is 7.20. The Labute approximate surface area is 126 Å². The van der Waals surface area contributed by atoms with Gasteiger partial charge in [-0.15, -0.1) is 0 Å². The average molecular weight is 289 g/mol. The van der Waals surface area contributed by atoms with E-state index in [-0.39, 0.29) is 11.3 Å². The molecule has 0 saturated heterocycles. The minimum Gasteiger partial charge on any atom is -0.488 e. The Hall–Kier alpha value is -1.81. The standard InChI is InChI=1S/C17H23NO3/c1-13(2)10-21-15-7-5-4-6-14(15)16(19)18-11-17(8-9-17)12-20-3/h4-7H,1,8-12H2,2-3H3,(H,18,19). The molecule has 0 heterocycles. The summed E-state index contributed by atoms with van der Waals surface area (Å²) >= 11 is 0. The first-order valence-corrected chi connectivity index (χ1v) is 7.20. The summed E-state index contributed by atoms with van der Waals surface area (Å²) in [5, 5.41) is 2.99. The van der Waals surface area contributed by atoms with E-state index < -0.39 is 0 Å². The zero-order valence-electron chi connectivity index (χ0n) is 12.8. The first kappa shape index (κ1) is 15.6. The van der Waals surface area contributed by atoms with Crippen molar-refractivity contribution in [1.29, 1.82) is 0 Å². The van der Waals surface area contributed by atoms with Crippen molar-refractivity contribution >= 4 is 5.91 Å². The predicted octanol–water partition coefficient (Wildman–Crippen LogP) is 2.80. The van der Waals surface area contributed by atoms with Crippen LogP contribution in [0, 0.1) is 5.41 Å². The second-order valence-electron chi connectivity index (χ2n) is 5.86. The number of benzene rings is 1. The summed E-state index contributed by atoms with van der Waals surface area (Å²) in [5.41, 5.74) is 1.62. The molecular weight excluding hydrogens is 266 g/mol. The molecule has 0 unspecified atom stereocenters. The Bertz CT molecular complexity index is 521. The number of amides is 1. The first-order chi connectivity index (χ1) is 10.1. The highest BCUT2D eigenvalue weighted by Crippen LogP contribution is 2.45. The van der Waals surface area contributed by atoms with Crippen LogP contribution in [-0.4, -0.2) is 32.8 Å². The van der Waals surface area contributed by atoms with Crippen LogP contribution in [0.5, 0.6) is 5.75 Å². The molecule has 4 heteroatoms. The van der Waals surface area contributed by atoms with E-state index in [1.807, 2.05) is 19.1 Å². The van der Waals surface area contributed by atoms with Gasteiger partial charge in [-0.3, -0.25) is 4.79 Å². The SMILES string of the molecule is C=C(C)COc1ccccc1C(=O)NCC1(COC)CC1. The van der Waals surface area contributed by atoms with E-state index in [1.54, 1.807) is 19.2 Å². The van der Waals surface area contributed by atoms with Crippen LogP contribution in [0.1, 0.15) is 30.1 Å². The molecular formula is C17H23NO3. The van der Waals surface area contributed by atoms with Crippen molar-refractivity contribution < 1.29 is 14.3 Å². The summed E-state index contributed by atoms with van der Waals surface area (Å²) in [6, 6.07) is 7.28. The van der Waals surface area contributed by atoms with E-state index >= 15 is 0 Å². The molecule has 0 atom stereocenters. The molecule has 2 rings (SSSR count). The topological polar surface area (TPSA) is 47.6 Å². The van der Waals surface area contributed by atoms with Crippen LogP contribution >= 0.6 is 0 Å². The number of ether oxygens (including phenoxy) is 2. The molecule has 4 nitrogen and oxygen atoms in total. The maximum atomic E-state index is 12.3. The van der Waals surface area contributed by atoms with Gasteiger partial charge in [0.25, 0.3) is 5.91 Å². The largest absolute Gasteiger partial charge is 0.488 e. The summed E-state index contributed by atoms with van der Waals surface area (Å²) in [6.07, 6.45) is 2.21. The van der Waals surface area contributed by atoms with Gasteiger partial charge >= 0.3 is 0 Å². The van der Waals surface area contributed by atoms with Crippen LogP contribution < -0.4 is 10.1 Å². The molecule has 1 amide bonds. The van der Waals surface area contributed by atoms with Gasteiger partial charge in [0.1, 0.15) is 12.4 Å². The Kier molecular flexibility index (Phi) is 5.02. The van der Waals surface area contributed by atoms with Crippen molar-refractivity contribution in [2.45, 2.75) is 19.8 Å². The van der Waals surface area contributed by atoms with E-state index in [0.29, 0.717) is 31.1 Å². The Morgan fingerprint density at radius 1 is 1.38 bits per heavy atom. The van der Waals surface area contributed by atoms with E-state index in [0.717, 1.165) is 18.4 Å². The fourth-order valence-electron chi connectivity index (χ4n) is 2.20.